The van der Waals surface area contributed by atoms with E-state index in [2.05, 4.69) is 11.4 Å². The van der Waals surface area contributed by atoms with Crippen LogP contribution in [-0.4, -0.2) is 43.2 Å². The first-order valence-electron chi connectivity index (χ1n) is 11.9. The van der Waals surface area contributed by atoms with Gasteiger partial charge in [0.15, 0.2) is 0 Å². The van der Waals surface area contributed by atoms with Crippen molar-refractivity contribution in [2.24, 2.45) is 0 Å². The van der Waals surface area contributed by atoms with E-state index in [1.165, 1.54) is 9.18 Å². The molecule has 1 aliphatic heterocycles. The topological polar surface area (TPSA) is 57.7 Å². The van der Waals surface area contributed by atoms with E-state index in [-0.39, 0.29) is 29.9 Å². The highest BCUT2D eigenvalue weighted by Gasteiger charge is 2.35. The molecular weight excluding hydrogens is 476 g/mol. The molecule has 7 heteroatoms. The van der Waals surface area contributed by atoms with E-state index < -0.39 is 10.0 Å². The Morgan fingerprint density at radius 3 is 2.51 bits per heavy atom. The summed E-state index contributed by atoms with van der Waals surface area (Å²) in [5.74, 6) is -0.173. The molecule has 1 aromatic heterocycles. The third kappa shape index (κ3) is 4.63. The Kier molecular flexibility index (Phi) is 6.73. The van der Waals surface area contributed by atoms with Crippen LogP contribution in [0.3, 0.4) is 0 Å². The average Bonchev–Trinajstić information content (AvgIpc) is 3.37. The highest BCUT2D eigenvalue weighted by Crippen LogP contribution is 2.38. The lowest BCUT2D eigenvalue weighted by Crippen LogP contribution is -2.46. The Hall–Kier alpha value is -3.00. The molecule has 0 saturated heterocycles. The summed E-state index contributed by atoms with van der Waals surface area (Å²) < 4.78 is 28.6. The van der Waals surface area contributed by atoms with Crippen LogP contribution < -0.4 is 0 Å². The van der Waals surface area contributed by atoms with Crippen LogP contribution in [0.4, 0.5) is 0 Å². The van der Waals surface area contributed by atoms with E-state index in [0.717, 1.165) is 28.3 Å². The maximum atomic E-state index is 13.7. The molecule has 5 rings (SSSR count). The van der Waals surface area contributed by atoms with Gasteiger partial charge in [-0.25, -0.2) is 8.42 Å². The normalized spacial score (nSPS) is 15.9. The zero-order valence-corrected chi connectivity index (χ0v) is 21.3. The predicted molar refractivity (Wildman–Crippen MR) is 141 cm³/mol. The van der Waals surface area contributed by atoms with Crippen LogP contribution in [0.15, 0.2) is 89.1 Å². The molecule has 0 fully saturated rings. The van der Waals surface area contributed by atoms with E-state index in [0.29, 0.717) is 13.0 Å². The molecule has 0 unspecified atom stereocenters. The number of carbonyl (C=O) groups excluding carboxylic acids is 1. The molecule has 2 heterocycles. The smallest absolute Gasteiger partial charge is 0.243 e. The number of benzene rings is 3. The van der Waals surface area contributed by atoms with Crippen molar-refractivity contribution >= 4 is 38.0 Å². The molecule has 180 valence electrons. The summed E-state index contributed by atoms with van der Waals surface area (Å²) >= 11 is 1.72. The highest BCUT2D eigenvalue weighted by molar-refractivity contribution is 7.89. The van der Waals surface area contributed by atoms with Gasteiger partial charge in [-0.3, -0.25) is 4.79 Å². The van der Waals surface area contributed by atoms with Crippen LogP contribution >= 0.6 is 11.3 Å². The van der Waals surface area contributed by atoms with Crippen LogP contribution in [0, 0.1) is 0 Å². The van der Waals surface area contributed by atoms with Crippen LogP contribution in [0.5, 0.6) is 0 Å². The molecule has 0 aliphatic carbocycles. The van der Waals surface area contributed by atoms with Crippen LogP contribution in [0.25, 0.3) is 10.8 Å². The second kappa shape index (κ2) is 9.93. The summed E-state index contributed by atoms with van der Waals surface area (Å²) in [4.78, 5) is 17.1. The lowest BCUT2D eigenvalue weighted by Gasteiger charge is -2.37. The van der Waals surface area contributed by atoms with Gasteiger partial charge in [0.2, 0.25) is 15.9 Å². The lowest BCUT2D eigenvalue weighted by atomic mass is 9.93. The quantitative estimate of drug-likeness (QED) is 0.335. The minimum absolute atomic E-state index is 0.173. The first kappa shape index (κ1) is 23.7. The van der Waals surface area contributed by atoms with Crippen molar-refractivity contribution < 1.29 is 13.2 Å². The fourth-order valence-corrected chi connectivity index (χ4v) is 7.25. The molecule has 0 bridgehead atoms. The highest BCUT2D eigenvalue weighted by atomic mass is 32.2. The van der Waals surface area contributed by atoms with Crippen molar-refractivity contribution in [2.45, 2.75) is 30.7 Å². The lowest BCUT2D eigenvalue weighted by molar-refractivity contribution is -0.133. The summed E-state index contributed by atoms with van der Waals surface area (Å²) in [7, 11) is -3.83. The van der Waals surface area contributed by atoms with Gasteiger partial charge in [-0.2, -0.15) is 4.31 Å². The summed E-state index contributed by atoms with van der Waals surface area (Å²) in [5.41, 5.74) is 2.18. The standard InChI is InChI=1S/C28H28N2O3S2/c1-2-16-29(35(32,33)24-13-12-21-8-6-7-11-23(21)19-24)20-27(31)30-17-14-26-25(15-18-34-26)28(30)22-9-4-3-5-10-22/h3-13,15,18-19,28H,2,14,16-17,20H2,1H3/t28-/m0/s1. The van der Waals surface area contributed by atoms with Gasteiger partial charge in [0.25, 0.3) is 0 Å². The fraction of sp³-hybridized carbons (Fsp3) is 0.250. The Labute approximate surface area is 210 Å². The van der Waals surface area contributed by atoms with E-state index in [9.17, 15) is 13.2 Å². The van der Waals surface area contributed by atoms with E-state index >= 15 is 0 Å². The van der Waals surface area contributed by atoms with Gasteiger partial charge in [-0.15, -0.1) is 11.3 Å². The number of amides is 1. The van der Waals surface area contributed by atoms with E-state index in [1.54, 1.807) is 23.5 Å². The monoisotopic (exact) mass is 504 g/mol. The third-order valence-electron chi connectivity index (χ3n) is 6.54. The Bertz CT molecular complexity index is 1450. The van der Waals surface area contributed by atoms with Gasteiger partial charge in [0.1, 0.15) is 0 Å². The zero-order chi connectivity index (χ0) is 24.4. The number of sulfonamides is 1. The third-order valence-corrected chi connectivity index (χ3v) is 9.38. The summed E-state index contributed by atoms with van der Waals surface area (Å²) in [6.45, 7) is 2.61. The SMILES string of the molecule is CCCN(CC(=O)N1CCc2sccc2[C@@H]1c1ccccc1)S(=O)(=O)c1ccc2ccccc2c1. The van der Waals surface area contributed by atoms with Gasteiger partial charge < -0.3 is 4.90 Å². The van der Waals surface area contributed by atoms with Gasteiger partial charge in [-0.1, -0.05) is 67.6 Å². The molecule has 1 amide bonds. The number of hydrogen-bond acceptors (Lipinski definition) is 4. The first-order valence-corrected chi connectivity index (χ1v) is 14.2. The van der Waals surface area contributed by atoms with Crippen molar-refractivity contribution in [3.8, 4) is 0 Å². The Balaban J connectivity index is 1.46. The fourth-order valence-electron chi connectivity index (χ4n) is 4.83. The number of nitrogens with zero attached hydrogens (tertiary/aromatic N) is 2. The van der Waals surface area contributed by atoms with Gasteiger partial charge in [-0.05, 0) is 58.3 Å². The minimum Gasteiger partial charge on any atom is -0.330 e. The summed E-state index contributed by atoms with van der Waals surface area (Å²) in [5, 5.41) is 3.92. The molecule has 5 nitrogen and oxygen atoms in total. The molecular formula is C28H28N2O3S2. The second-order valence-corrected chi connectivity index (χ2v) is 11.7. The largest absolute Gasteiger partial charge is 0.330 e. The number of carbonyl (C=O) groups is 1. The van der Waals surface area contributed by atoms with Crippen molar-refractivity contribution in [1.82, 2.24) is 9.21 Å². The summed E-state index contributed by atoms with van der Waals surface area (Å²) in [6, 6.07) is 24.7. The number of hydrogen-bond donors (Lipinski definition) is 0. The van der Waals surface area contributed by atoms with Crippen molar-refractivity contribution in [3.63, 3.8) is 0 Å². The molecule has 3 aromatic carbocycles. The number of fused-ring (bicyclic) bond motifs is 2. The second-order valence-electron chi connectivity index (χ2n) is 8.80. The molecule has 1 aliphatic rings. The molecule has 0 radical (unpaired) electrons. The van der Waals surface area contributed by atoms with E-state index in [4.69, 9.17) is 0 Å². The number of thiophene rings is 1. The van der Waals surface area contributed by atoms with Gasteiger partial charge in [0, 0.05) is 18.0 Å². The Morgan fingerprint density at radius 2 is 1.74 bits per heavy atom. The average molecular weight is 505 g/mol. The number of rotatable bonds is 7. The molecule has 0 spiro atoms. The van der Waals surface area contributed by atoms with Crippen molar-refractivity contribution in [2.75, 3.05) is 19.6 Å². The molecule has 0 N–H and O–H groups in total. The van der Waals surface area contributed by atoms with Gasteiger partial charge >= 0.3 is 0 Å². The molecule has 35 heavy (non-hydrogen) atoms. The maximum absolute atomic E-state index is 13.7. The predicted octanol–water partition coefficient (Wildman–Crippen LogP) is 5.48. The van der Waals surface area contributed by atoms with Crippen molar-refractivity contribution in [1.29, 1.82) is 0 Å². The first-order chi connectivity index (χ1) is 17.0. The van der Waals surface area contributed by atoms with Crippen LogP contribution in [0.2, 0.25) is 0 Å². The molecule has 0 saturated carbocycles. The van der Waals surface area contributed by atoms with Crippen molar-refractivity contribution in [3.05, 3.63) is 100 Å². The van der Waals surface area contributed by atoms with E-state index in [1.807, 2.05) is 72.5 Å². The molecule has 1 atom stereocenters. The Morgan fingerprint density at radius 1 is 1.00 bits per heavy atom. The van der Waals surface area contributed by atoms with Crippen LogP contribution in [-0.2, 0) is 21.2 Å². The van der Waals surface area contributed by atoms with Crippen LogP contribution in [0.1, 0.15) is 35.4 Å². The summed E-state index contributed by atoms with van der Waals surface area (Å²) in [6.07, 6.45) is 1.41. The molecule has 4 aromatic rings. The maximum Gasteiger partial charge on any atom is 0.243 e. The minimum atomic E-state index is -3.83. The van der Waals surface area contributed by atoms with Gasteiger partial charge in [0.05, 0.1) is 17.5 Å². The zero-order valence-electron chi connectivity index (χ0n) is 19.6.